The fourth-order valence-electron chi connectivity index (χ4n) is 3.51. The Hall–Kier alpha value is -3.15. The summed E-state index contributed by atoms with van der Waals surface area (Å²) in [4.78, 5) is 12.6. The molecule has 0 aliphatic carbocycles. The van der Waals surface area contributed by atoms with Crippen LogP contribution in [0.15, 0.2) is 51.7 Å². The molecule has 3 aromatic rings. The fraction of sp³-hybridized carbons (Fsp3) is 0.318. The minimum absolute atomic E-state index is 0.0166. The van der Waals surface area contributed by atoms with Gasteiger partial charge < -0.3 is 44.2 Å². The summed E-state index contributed by atoms with van der Waals surface area (Å²) in [6, 6.07) is 10.5. The zero-order chi connectivity index (χ0) is 23.0. The lowest BCUT2D eigenvalue weighted by molar-refractivity contribution is -0.277. The van der Waals surface area contributed by atoms with E-state index in [2.05, 4.69) is 0 Å². The van der Waals surface area contributed by atoms with Crippen LogP contribution in [0.3, 0.4) is 0 Å². The van der Waals surface area contributed by atoms with Crippen molar-refractivity contribution in [2.75, 3.05) is 13.7 Å². The van der Waals surface area contributed by atoms with Gasteiger partial charge in [0.25, 0.3) is 0 Å². The maximum atomic E-state index is 12.6. The van der Waals surface area contributed by atoms with Crippen molar-refractivity contribution < 1.29 is 44.2 Å². The van der Waals surface area contributed by atoms with Gasteiger partial charge in [0.2, 0.25) is 6.29 Å². The standard InChI is InChI=1S/C22H22O10/c1-29-11-4-2-10(3-5-11)15-8-14(25)18-13(24)6-12(7-16(18)31-15)30-22-21(28)20(27)19(26)17(9-23)32-22/h2-8,17,19-24,26-28H,9H2,1H3/t17-,19-,20+,21-,22?/m1/s1. The van der Waals surface area contributed by atoms with Crippen LogP contribution in [0, 0.1) is 0 Å². The summed E-state index contributed by atoms with van der Waals surface area (Å²) in [7, 11) is 1.53. The Balaban J connectivity index is 1.69. The maximum Gasteiger partial charge on any atom is 0.229 e. The van der Waals surface area contributed by atoms with Gasteiger partial charge in [0.1, 0.15) is 58.4 Å². The molecule has 0 amide bonds. The summed E-state index contributed by atoms with van der Waals surface area (Å²) < 4.78 is 21.8. The molecule has 2 aromatic carbocycles. The molecule has 4 rings (SSSR count). The summed E-state index contributed by atoms with van der Waals surface area (Å²) in [5.41, 5.74) is 0.140. The Bertz CT molecular complexity index is 1150. The van der Waals surface area contributed by atoms with E-state index in [-0.39, 0.29) is 22.5 Å². The van der Waals surface area contributed by atoms with E-state index in [0.29, 0.717) is 11.3 Å². The van der Waals surface area contributed by atoms with Crippen LogP contribution in [0.25, 0.3) is 22.3 Å². The highest BCUT2D eigenvalue weighted by molar-refractivity contribution is 5.86. The molecule has 5 N–H and O–H groups in total. The normalized spacial score (nSPS) is 25.6. The summed E-state index contributed by atoms with van der Waals surface area (Å²) in [6.07, 6.45) is -7.42. The van der Waals surface area contributed by atoms with E-state index < -0.39 is 48.5 Å². The van der Waals surface area contributed by atoms with E-state index in [9.17, 15) is 30.3 Å². The van der Waals surface area contributed by atoms with Crippen molar-refractivity contribution in [3.63, 3.8) is 0 Å². The van der Waals surface area contributed by atoms with Crippen molar-refractivity contribution in [2.24, 2.45) is 0 Å². The van der Waals surface area contributed by atoms with Crippen molar-refractivity contribution in [3.05, 3.63) is 52.7 Å². The highest BCUT2D eigenvalue weighted by Gasteiger charge is 2.44. The third kappa shape index (κ3) is 4.01. The number of aliphatic hydroxyl groups excluding tert-OH is 4. The summed E-state index contributed by atoms with van der Waals surface area (Å²) in [5.74, 6) is 0.422. The zero-order valence-electron chi connectivity index (χ0n) is 16.9. The van der Waals surface area contributed by atoms with Crippen LogP contribution < -0.4 is 14.9 Å². The van der Waals surface area contributed by atoms with Gasteiger partial charge in [-0.3, -0.25) is 4.79 Å². The van der Waals surface area contributed by atoms with Gasteiger partial charge in [-0.1, -0.05) is 0 Å². The first-order chi connectivity index (χ1) is 15.3. The van der Waals surface area contributed by atoms with Gasteiger partial charge in [-0.15, -0.1) is 0 Å². The molecule has 1 aromatic heterocycles. The van der Waals surface area contributed by atoms with Crippen LogP contribution in [0.2, 0.25) is 0 Å². The maximum absolute atomic E-state index is 12.6. The molecule has 1 aliphatic rings. The quantitative estimate of drug-likeness (QED) is 0.370. The number of rotatable bonds is 5. The summed E-state index contributed by atoms with van der Waals surface area (Å²) in [5, 5.41) is 49.6. The molecule has 1 aliphatic heterocycles. The molecule has 170 valence electrons. The monoisotopic (exact) mass is 446 g/mol. The first-order valence-corrected chi connectivity index (χ1v) is 9.75. The van der Waals surface area contributed by atoms with Gasteiger partial charge >= 0.3 is 0 Å². The minimum atomic E-state index is -1.64. The van der Waals surface area contributed by atoms with Crippen LogP contribution >= 0.6 is 0 Å². The number of hydrogen-bond acceptors (Lipinski definition) is 10. The SMILES string of the molecule is COc1ccc(-c2cc(=O)c3c(O)cc(OC4O[C@H](CO)[C@@H](O)[C@H](O)[C@H]4O)cc3o2)cc1. The van der Waals surface area contributed by atoms with Crippen molar-refractivity contribution in [3.8, 4) is 28.6 Å². The third-order valence-electron chi connectivity index (χ3n) is 5.26. The molecule has 1 saturated heterocycles. The van der Waals surface area contributed by atoms with Gasteiger partial charge in [-0.2, -0.15) is 0 Å². The van der Waals surface area contributed by atoms with Gasteiger partial charge in [0, 0.05) is 23.8 Å². The molecule has 1 unspecified atom stereocenters. The number of methoxy groups -OCH3 is 1. The number of phenols is 1. The second-order valence-electron chi connectivity index (χ2n) is 7.33. The van der Waals surface area contributed by atoms with Crippen molar-refractivity contribution in [1.82, 2.24) is 0 Å². The van der Waals surface area contributed by atoms with Crippen LogP contribution in [0.5, 0.6) is 17.2 Å². The van der Waals surface area contributed by atoms with Gasteiger partial charge in [0.15, 0.2) is 5.43 Å². The predicted octanol–water partition coefficient (Wildman–Crippen LogP) is 0.353. The smallest absolute Gasteiger partial charge is 0.229 e. The second kappa shape index (κ2) is 8.77. The lowest BCUT2D eigenvalue weighted by atomic mass is 9.99. The van der Waals surface area contributed by atoms with Crippen molar-refractivity contribution >= 4 is 11.0 Å². The molecular weight excluding hydrogens is 424 g/mol. The van der Waals surface area contributed by atoms with E-state index in [1.165, 1.54) is 19.2 Å². The molecule has 1 fully saturated rings. The fourth-order valence-corrected chi connectivity index (χ4v) is 3.51. The Morgan fingerprint density at radius 1 is 0.969 bits per heavy atom. The molecule has 10 nitrogen and oxygen atoms in total. The van der Waals surface area contributed by atoms with Crippen molar-refractivity contribution in [1.29, 1.82) is 0 Å². The predicted molar refractivity (Wildman–Crippen MR) is 111 cm³/mol. The molecule has 5 atom stereocenters. The van der Waals surface area contributed by atoms with Gasteiger partial charge in [0.05, 0.1) is 13.7 Å². The van der Waals surface area contributed by atoms with Crippen LogP contribution in [0.1, 0.15) is 0 Å². The van der Waals surface area contributed by atoms with Crippen LogP contribution in [0.4, 0.5) is 0 Å². The Morgan fingerprint density at radius 3 is 2.34 bits per heavy atom. The number of fused-ring (bicyclic) bond motifs is 1. The third-order valence-corrected chi connectivity index (χ3v) is 5.26. The van der Waals surface area contributed by atoms with E-state index in [1.807, 2.05) is 0 Å². The first kappa shape index (κ1) is 22.1. The Labute approximate surface area is 181 Å². The molecule has 10 heteroatoms. The highest BCUT2D eigenvalue weighted by atomic mass is 16.7. The number of ether oxygens (including phenoxy) is 3. The second-order valence-corrected chi connectivity index (χ2v) is 7.33. The minimum Gasteiger partial charge on any atom is -0.507 e. The molecule has 2 heterocycles. The topological polar surface area (TPSA) is 159 Å². The van der Waals surface area contributed by atoms with E-state index in [1.54, 1.807) is 24.3 Å². The summed E-state index contributed by atoms with van der Waals surface area (Å²) in [6.45, 7) is -0.617. The average Bonchev–Trinajstić information content (AvgIpc) is 2.79. The molecular formula is C22H22O10. The zero-order valence-corrected chi connectivity index (χ0v) is 16.9. The molecule has 32 heavy (non-hydrogen) atoms. The first-order valence-electron chi connectivity index (χ1n) is 9.75. The van der Waals surface area contributed by atoms with Crippen molar-refractivity contribution in [2.45, 2.75) is 30.7 Å². The number of aromatic hydroxyl groups is 1. The lowest BCUT2D eigenvalue weighted by Gasteiger charge is -2.39. The van der Waals surface area contributed by atoms with E-state index in [4.69, 9.17) is 18.6 Å². The van der Waals surface area contributed by atoms with E-state index in [0.717, 1.165) is 6.07 Å². The van der Waals surface area contributed by atoms with E-state index >= 15 is 0 Å². The Kier molecular flexibility index (Phi) is 6.04. The van der Waals surface area contributed by atoms with Gasteiger partial charge in [-0.05, 0) is 24.3 Å². The van der Waals surface area contributed by atoms with Crippen LogP contribution in [-0.2, 0) is 4.74 Å². The largest absolute Gasteiger partial charge is 0.507 e. The molecule has 0 bridgehead atoms. The summed E-state index contributed by atoms with van der Waals surface area (Å²) >= 11 is 0. The number of hydrogen-bond donors (Lipinski definition) is 5. The molecule has 0 spiro atoms. The van der Waals surface area contributed by atoms with Crippen LogP contribution in [-0.4, -0.2) is 70.0 Å². The molecule has 0 saturated carbocycles. The Morgan fingerprint density at radius 2 is 1.69 bits per heavy atom. The number of aliphatic hydroxyl groups is 4. The number of phenolic OH excluding ortho intramolecular Hbond substituents is 1. The highest BCUT2D eigenvalue weighted by Crippen LogP contribution is 2.33. The average molecular weight is 446 g/mol. The number of benzene rings is 2. The van der Waals surface area contributed by atoms with Gasteiger partial charge in [-0.25, -0.2) is 0 Å². The lowest BCUT2D eigenvalue weighted by Crippen LogP contribution is -2.60. The molecule has 0 radical (unpaired) electrons.